The highest BCUT2D eigenvalue weighted by atomic mass is 28.4. The van der Waals surface area contributed by atoms with Gasteiger partial charge in [-0.2, -0.15) is 0 Å². The van der Waals surface area contributed by atoms with Crippen LogP contribution < -0.4 is 0 Å². The van der Waals surface area contributed by atoms with E-state index in [-0.39, 0.29) is 6.10 Å². The minimum absolute atomic E-state index is 0.192. The molecule has 144 valence electrons. The smallest absolute Gasteiger partial charge is 0.379 e. The van der Waals surface area contributed by atoms with Crippen LogP contribution in [0.2, 0.25) is 6.04 Å². The monoisotopic (exact) mass is 362 g/mol. The average Bonchev–Trinajstić information content (AvgIpc) is 3.41. The van der Waals surface area contributed by atoms with Crippen LogP contribution in [-0.2, 0) is 22.8 Å². The maximum Gasteiger partial charge on any atom is 0.501 e. The number of hydrogen-bond acceptors (Lipinski definition) is 5. The Labute approximate surface area is 149 Å². The normalized spacial score (nSPS) is 18.8. The molecule has 6 heteroatoms. The molecular formula is C18H38O5Si. The second-order valence-electron chi connectivity index (χ2n) is 6.45. The molecule has 0 bridgehead atoms. The minimum Gasteiger partial charge on any atom is -0.379 e. The molecule has 0 spiro atoms. The number of ether oxygens (including phenoxy) is 2. The number of hydrogen-bond donors (Lipinski definition) is 0. The zero-order valence-corrected chi connectivity index (χ0v) is 17.2. The third kappa shape index (κ3) is 9.49. The van der Waals surface area contributed by atoms with Crippen LogP contribution in [0.15, 0.2) is 0 Å². The van der Waals surface area contributed by atoms with E-state index in [1.807, 2.05) is 0 Å². The van der Waals surface area contributed by atoms with E-state index in [9.17, 15) is 0 Å². The Morgan fingerprint density at radius 1 is 1.00 bits per heavy atom. The van der Waals surface area contributed by atoms with Gasteiger partial charge in [-0.3, -0.25) is 0 Å². The van der Waals surface area contributed by atoms with Gasteiger partial charge in [0, 0.05) is 32.0 Å². The van der Waals surface area contributed by atoms with Crippen LogP contribution in [0.5, 0.6) is 0 Å². The Bertz CT molecular complexity index is 291. The highest BCUT2D eigenvalue weighted by Gasteiger charge is 2.42. The molecule has 0 radical (unpaired) electrons. The fourth-order valence-corrected chi connectivity index (χ4v) is 5.59. The lowest BCUT2D eigenvalue weighted by atomic mass is 10.1. The van der Waals surface area contributed by atoms with Gasteiger partial charge in [0.2, 0.25) is 0 Å². The van der Waals surface area contributed by atoms with Gasteiger partial charge in [0.15, 0.2) is 0 Å². The summed E-state index contributed by atoms with van der Waals surface area (Å²) in [6.07, 6.45) is 6.52. The van der Waals surface area contributed by atoms with Crippen LogP contribution in [-0.4, -0.2) is 54.0 Å². The second kappa shape index (κ2) is 13.3. The van der Waals surface area contributed by atoms with E-state index in [0.29, 0.717) is 6.10 Å². The van der Waals surface area contributed by atoms with Crippen LogP contribution in [0.25, 0.3) is 0 Å². The average molecular weight is 363 g/mol. The van der Waals surface area contributed by atoms with E-state index in [4.69, 9.17) is 22.8 Å². The summed E-state index contributed by atoms with van der Waals surface area (Å²) in [5.41, 5.74) is 0. The molecule has 1 aliphatic heterocycles. The lowest BCUT2D eigenvalue weighted by molar-refractivity contribution is 0.0175. The van der Waals surface area contributed by atoms with Gasteiger partial charge in [-0.05, 0) is 32.1 Å². The van der Waals surface area contributed by atoms with Gasteiger partial charge in [0.05, 0.1) is 13.2 Å². The molecule has 1 aliphatic rings. The lowest BCUT2D eigenvalue weighted by Crippen LogP contribution is -2.48. The van der Waals surface area contributed by atoms with Crippen molar-refractivity contribution in [2.45, 2.75) is 84.5 Å². The summed E-state index contributed by atoms with van der Waals surface area (Å²) in [6.45, 7) is 12.4. The largest absolute Gasteiger partial charge is 0.501 e. The molecule has 0 aromatic carbocycles. The van der Waals surface area contributed by atoms with Crippen LogP contribution in [0.4, 0.5) is 0 Å². The first-order valence-corrected chi connectivity index (χ1v) is 11.8. The van der Waals surface area contributed by atoms with Crippen LogP contribution >= 0.6 is 0 Å². The highest BCUT2D eigenvalue weighted by molar-refractivity contribution is 6.60. The first kappa shape index (κ1) is 22.1. The lowest BCUT2D eigenvalue weighted by Gasteiger charge is -2.33. The molecule has 0 aliphatic carbocycles. The van der Waals surface area contributed by atoms with Gasteiger partial charge in [-0.25, -0.2) is 0 Å². The van der Waals surface area contributed by atoms with Crippen molar-refractivity contribution in [3.63, 3.8) is 0 Å². The van der Waals surface area contributed by atoms with Crippen molar-refractivity contribution >= 4 is 8.80 Å². The fourth-order valence-electron chi connectivity index (χ4n) is 2.53. The fraction of sp³-hybridized carbons (Fsp3) is 1.00. The second-order valence-corrected chi connectivity index (χ2v) is 9.13. The summed E-state index contributed by atoms with van der Waals surface area (Å²) in [4.78, 5) is 0. The SMILES string of the molecule is CCCO[Si](CCC)(OCCC)OC(CC)CCCOCC1CO1. The molecule has 1 heterocycles. The summed E-state index contributed by atoms with van der Waals surface area (Å²) in [5.74, 6) is 0. The van der Waals surface area contributed by atoms with E-state index in [2.05, 4.69) is 27.7 Å². The highest BCUT2D eigenvalue weighted by Crippen LogP contribution is 2.23. The quantitative estimate of drug-likeness (QED) is 0.221. The summed E-state index contributed by atoms with van der Waals surface area (Å²) in [7, 11) is -2.56. The summed E-state index contributed by atoms with van der Waals surface area (Å²) in [5, 5.41) is 0. The zero-order valence-electron chi connectivity index (χ0n) is 16.2. The third-order valence-corrected chi connectivity index (χ3v) is 7.02. The minimum atomic E-state index is -2.56. The van der Waals surface area contributed by atoms with Gasteiger partial charge < -0.3 is 22.8 Å². The number of epoxide rings is 1. The summed E-state index contributed by atoms with van der Waals surface area (Å²) < 4.78 is 29.6. The summed E-state index contributed by atoms with van der Waals surface area (Å²) in [6, 6.07) is 0.902. The van der Waals surface area contributed by atoms with Gasteiger partial charge >= 0.3 is 8.80 Å². The van der Waals surface area contributed by atoms with Crippen LogP contribution in [0.1, 0.15) is 66.2 Å². The first-order chi connectivity index (χ1) is 11.7. The Hall–Kier alpha value is 0.0169. The molecule has 5 nitrogen and oxygen atoms in total. The Morgan fingerprint density at radius 3 is 2.17 bits per heavy atom. The topological polar surface area (TPSA) is 49.5 Å². The van der Waals surface area contributed by atoms with Crippen molar-refractivity contribution in [1.29, 1.82) is 0 Å². The maximum atomic E-state index is 6.49. The van der Waals surface area contributed by atoms with Crippen molar-refractivity contribution in [3.05, 3.63) is 0 Å². The van der Waals surface area contributed by atoms with Crippen molar-refractivity contribution in [2.24, 2.45) is 0 Å². The third-order valence-electron chi connectivity index (χ3n) is 3.93. The molecule has 0 amide bonds. The maximum absolute atomic E-state index is 6.49. The van der Waals surface area contributed by atoms with Crippen molar-refractivity contribution in [2.75, 3.05) is 33.0 Å². The Balaban J connectivity index is 2.44. The molecule has 2 atom stereocenters. The van der Waals surface area contributed by atoms with Crippen molar-refractivity contribution in [3.8, 4) is 0 Å². The summed E-state index contributed by atoms with van der Waals surface area (Å²) >= 11 is 0. The predicted octanol–water partition coefficient (Wildman–Crippen LogP) is 4.18. The van der Waals surface area contributed by atoms with E-state index in [0.717, 1.165) is 77.6 Å². The van der Waals surface area contributed by atoms with Gasteiger partial charge in [0.25, 0.3) is 0 Å². The van der Waals surface area contributed by atoms with E-state index < -0.39 is 8.80 Å². The molecule has 1 saturated heterocycles. The molecular weight excluding hydrogens is 324 g/mol. The van der Waals surface area contributed by atoms with E-state index >= 15 is 0 Å². The Morgan fingerprint density at radius 2 is 1.67 bits per heavy atom. The Kier molecular flexibility index (Phi) is 12.2. The van der Waals surface area contributed by atoms with E-state index in [1.54, 1.807) is 0 Å². The molecule has 0 N–H and O–H groups in total. The molecule has 1 rings (SSSR count). The molecule has 24 heavy (non-hydrogen) atoms. The van der Waals surface area contributed by atoms with Crippen molar-refractivity contribution in [1.82, 2.24) is 0 Å². The van der Waals surface area contributed by atoms with E-state index in [1.165, 1.54) is 0 Å². The van der Waals surface area contributed by atoms with Crippen LogP contribution in [0.3, 0.4) is 0 Å². The first-order valence-electron chi connectivity index (χ1n) is 9.84. The van der Waals surface area contributed by atoms with Gasteiger partial charge in [-0.1, -0.05) is 34.1 Å². The van der Waals surface area contributed by atoms with Gasteiger partial charge in [0.1, 0.15) is 6.10 Å². The predicted molar refractivity (Wildman–Crippen MR) is 98.3 cm³/mol. The molecule has 0 saturated carbocycles. The molecule has 2 unspecified atom stereocenters. The van der Waals surface area contributed by atoms with Crippen LogP contribution in [0, 0.1) is 0 Å². The van der Waals surface area contributed by atoms with Crippen molar-refractivity contribution < 1.29 is 22.8 Å². The standard InChI is InChI=1S/C18H38O5Si/c1-5-11-21-24(14-7-3,22-12-6-2)23-17(8-4)10-9-13-19-15-18-16-20-18/h17-18H,5-16H2,1-4H3. The molecule has 1 fully saturated rings. The molecule has 0 aromatic rings. The zero-order chi connectivity index (χ0) is 17.7. The van der Waals surface area contributed by atoms with Gasteiger partial charge in [-0.15, -0.1) is 0 Å². The number of rotatable bonds is 17. The molecule has 0 aromatic heterocycles.